The number of anilines is 2. The Bertz CT molecular complexity index is 518. The van der Waals surface area contributed by atoms with Crippen LogP contribution in [0.1, 0.15) is 26.7 Å². The summed E-state index contributed by atoms with van der Waals surface area (Å²) in [6.45, 7) is 6.17. The Hall–Kier alpha value is -2.18. The average Bonchev–Trinajstić information content (AvgIpc) is 3.01. The van der Waals surface area contributed by atoms with Gasteiger partial charge in [-0.1, -0.05) is 13.8 Å². The highest BCUT2D eigenvalue weighted by atomic mass is 15.3. The van der Waals surface area contributed by atoms with Crippen molar-refractivity contribution >= 4 is 11.9 Å². The Kier molecular flexibility index (Phi) is 4.86. The summed E-state index contributed by atoms with van der Waals surface area (Å²) in [5.74, 6) is 1.85. The maximum Gasteiger partial charge on any atom is 0.241 e. The average molecular weight is 275 g/mol. The molecule has 0 amide bonds. The minimum Gasteiger partial charge on any atom is -0.357 e. The van der Waals surface area contributed by atoms with Gasteiger partial charge in [0.05, 0.1) is 0 Å². The normalized spacial score (nSPS) is 10.6. The van der Waals surface area contributed by atoms with Crippen molar-refractivity contribution in [2.45, 2.75) is 26.7 Å². The summed E-state index contributed by atoms with van der Waals surface area (Å²) in [6.07, 6.45) is 7.32. The van der Waals surface area contributed by atoms with Crippen LogP contribution in [-0.2, 0) is 0 Å². The van der Waals surface area contributed by atoms with Gasteiger partial charge < -0.3 is 10.2 Å². The fourth-order valence-electron chi connectivity index (χ4n) is 1.95. The largest absolute Gasteiger partial charge is 0.357 e. The number of aromatic nitrogens is 5. The Morgan fingerprint density at radius 3 is 2.45 bits per heavy atom. The molecule has 0 aromatic carbocycles. The molecule has 0 atom stereocenters. The number of nitrogens with zero attached hydrogens (tertiary/aromatic N) is 6. The second-order valence-electron chi connectivity index (χ2n) is 4.47. The lowest BCUT2D eigenvalue weighted by Gasteiger charge is -2.22. The van der Waals surface area contributed by atoms with E-state index in [1.807, 2.05) is 6.20 Å². The minimum absolute atomic E-state index is 0.566. The molecule has 2 aromatic rings. The predicted octanol–water partition coefficient (Wildman–Crippen LogP) is 1.73. The van der Waals surface area contributed by atoms with Gasteiger partial charge in [0.1, 0.15) is 6.33 Å². The third kappa shape index (κ3) is 3.23. The number of rotatable bonds is 7. The van der Waals surface area contributed by atoms with Gasteiger partial charge in [-0.15, -0.1) is 0 Å². The van der Waals surface area contributed by atoms with Gasteiger partial charge in [0, 0.05) is 32.5 Å². The monoisotopic (exact) mass is 275 g/mol. The topological polar surface area (TPSA) is 71.8 Å². The summed E-state index contributed by atoms with van der Waals surface area (Å²) < 4.78 is 1.78. The van der Waals surface area contributed by atoms with Crippen molar-refractivity contribution in [1.82, 2.24) is 24.5 Å². The zero-order valence-electron chi connectivity index (χ0n) is 12.2. The van der Waals surface area contributed by atoms with Crippen molar-refractivity contribution in [2.24, 2.45) is 0 Å². The summed E-state index contributed by atoms with van der Waals surface area (Å²) in [4.78, 5) is 19.6. The zero-order chi connectivity index (χ0) is 14.4. The molecule has 108 valence electrons. The Morgan fingerprint density at radius 1 is 1.15 bits per heavy atom. The third-order valence-electron chi connectivity index (χ3n) is 2.84. The van der Waals surface area contributed by atoms with Crippen LogP contribution >= 0.6 is 0 Å². The van der Waals surface area contributed by atoms with Crippen LogP contribution in [0.4, 0.5) is 11.9 Å². The molecule has 0 aliphatic rings. The minimum atomic E-state index is 0.566. The van der Waals surface area contributed by atoms with Crippen LogP contribution in [0, 0.1) is 0 Å². The fraction of sp³-hybridized carbons (Fsp3) is 0.538. The second kappa shape index (κ2) is 6.83. The van der Waals surface area contributed by atoms with Crippen LogP contribution in [-0.4, -0.2) is 44.6 Å². The van der Waals surface area contributed by atoms with Crippen molar-refractivity contribution in [3.63, 3.8) is 0 Å². The van der Waals surface area contributed by atoms with E-state index in [9.17, 15) is 0 Å². The summed E-state index contributed by atoms with van der Waals surface area (Å²) in [5.41, 5.74) is 0. The van der Waals surface area contributed by atoms with E-state index in [2.05, 4.69) is 44.0 Å². The first-order valence-electron chi connectivity index (χ1n) is 6.95. The van der Waals surface area contributed by atoms with Gasteiger partial charge >= 0.3 is 0 Å². The van der Waals surface area contributed by atoms with E-state index in [0.29, 0.717) is 17.8 Å². The lowest BCUT2D eigenvalue weighted by atomic mass is 10.4. The maximum absolute atomic E-state index is 4.55. The smallest absolute Gasteiger partial charge is 0.241 e. The number of imidazole rings is 1. The van der Waals surface area contributed by atoms with E-state index in [1.165, 1.54) is 0 Å². The molecule has 20 heavy (non-hydrogen) atoms. The molecule has 0 radical (unpaired) electrons. The highest BCUT2D eigenvalue weighted by molar-refractivity contribution is 5.39. The van der Waals surface area contributed by atoms with E-state index in [0.717, 1.165) is 25.9 Å². The molecule has 0 unspecified atom stereocenters. The molecule has 2 heterocycles. The Balaban J connectivity index is 2.38. The first-order chi connectivity index (χ1) is 9.78. The first-order valence-corrected chi connectivity index (χ1v) is 6.95. The molecule has 0 bridgehead atoms. The van der Waals surface area contributed by atoms with Crippen LogP contribution in [0.25, 0.3) is 5.95 Å². The lowest BCUT2D eigenvalue weighted by molar-refractivity contribution is 0.713. The SMILES string of the molecule is CCCN(CCC)c1nc(NC)nc(-n2ccnc2)n1. The summed E-state index contributed by atoms with van der Waals surface area (Å²) in [5, 5.41) is 2.99. The molecule has 2 aromatic heterocycles. The maximum atomic E-state index is 4.55. The van der Waals surface area contributed by atoms with Gasteiger partial charge in [0.25, 0.3) is 0 Å². The summed E-state index contributed by atoms with van der Waals surface area (Å²) in [6, 6.07) is 0. The van der Waals surface area contributed by atoms with Gasteiger partial charge in [-0.25, -0.2) is 4.98 Å². The highest BCUT2D eigenvalue weighted by Gasteiger charge is 2.12. The van der Waals surface area contributed by atoms with Crippen molar-refractivity contribution in [1.29, 1.82) is 0 Å². The standard InChI is InChI=1S/C13H21N7/c1-4-7-19(8-5-2)12-16-11(14-3)17-13(18-12)20-9-6-15-10-20/h6,9-10H,4-5,7-8H2,1-3H3,(H,14,16,17,18). The molecular formula is C13H21N7. The van der Waals surface area contributed by atoms with Crippen LogP contribution in [0.2, 0.25) is 0 Å². The van der Waals surface area contributed by atoms with Crippen molar-refractivity contribution in [3.8, 4) is 5.95 Å². The fourth-order valence-corrected chi connectivity index (χ4v) is 1.95. The molecule has 0 aliphatic heterocycles. The number of nitrogens with one attached hydrogen (secondary N) is 1. The van der Waals surface area contributed by atoms with Crippen LogP contribution < -0.4 is 10.2 Å². The quantitative estimate of drug-likeness (QED) is 0.829. The van der Waals surface area contributed by atoms with Crippen LogP contribution in [0.5, 0.6) is 0 Å². The Morgan fingerprint density at radius 2 is 1.90 bits per heavy atom. The Labute approximate surface area is 119 Å². The van der Waals surface area contributed by atoms with E-state index in [1.54, 1.807) is 24.1 Å². The molecule has 0 aliphatic carbocycles. The van der Waals surface area contributed by atoms with Crippen LogP contribution in [0.15, 0.2) is 18.7 Å². The highest BCUT2D eigenvalue weighted by Crippen LogP contribution is 2.14. The first kappa shape index (κ1) is 14.2. The van der Waals surface area contributed by atoms with Gasteiger partial charge in [-0.2, -0.15) is 15.0 Å². The molecule has 0 saturated heterocycles. The third-order valence-corrected chi connectivity index (χ3v) is 2.84. The van der Waals surface area contributed by atoms with E-state index < -0.39 is 0 Å². The molecular weight excluding hydrogens is 254 g/mol. The van der Waals surface area contributed by atoms with Crippen LogP contribution in [0.3, 0.4) is 0 Å². The predicted molar refractivity (Wildman–Crippen MR) is 79.3 cm³/mol. The molecule has 0 fully saturated rings. The van der Waals surface area contributed by atoms with Gasteiger partial charge in [0.15, 0.2) is 0 Å². The number of hydrogen-bond acceptors (Lipinski definition) is 6. The molecule has 7 heteroatoms. The van der Waals surface area contributed by atoms with Gasteiger partial charge in [0.2, 0.25) is 17.8 Å². The molecule has 7 nitrogen and oxygen atoms in total. The molecule has 0 saturated carbocycles. The zero-order valence-corrected chi connectivity index (χ0v) is 12.2. The van der Waals surface area contributed by atoms with Crippen molar-refractivity contribution in [2.75, 3.05) is 30.4 Å². The van der Waals surface area contributed by atoms with Gasteiger partial charge in [-0.05, 0) is 12.8 Å². The summed E-state index contributed by atoms with van der Waals surface area (Å²) >= 11 is 0. The van der Waals surface area contributed by atoms with Crippen molar-refractivity contribution in [3.05, 3.63) is 18.7 Å². The van der Waals surface area contributed by atoms with E-state index in [4.69, 9.17) is 0 Å². The van der Waals surface area contributed by atoms with Gasteiger partial charge in [-0.3, -0.25) is 4.57 Å². The van der Waals surface area contributed by atoms with E-state index in [-0.39, 0.29) is 0 Å². The molecule has 2 rings (SSSR count). The lowest BCUT2D eigenvalue weighted by Crippen LogP contribution is -2.28. The van der Waals surface area contributed by atoms with E-state index >= 15 is 0 Å². The second-order valence-corrected chi connectivity index (χ2v) is 4.47. The molecule has 1 N–H and O–H groups in total. The number of hydrogen-bond donors (Lipinski definition) is 1. The molecule has 0 spiro atoms. The van der Waals surface area contributed by atoms with Crippen molar-refractivity contribution < 1.29 is 0 Å². The summed E-state index contributed by atoms with van der Waals surface area (Å²) in [7, 11) is 1.81.